The van der Waals surface area contributed by atoms with Crippen LogP contribution in [0.2, 0.25) is 0 Å². The summed E-state index contributed by atoms with van der Waals surface area (Å²) in [6.07, 6.45) is 0. The molecule has 2 rings (SSSR count). The molecule has 0 unspecified atom stereocenters. The first kappa shape index (κ1) is 18.3. The first-order chi connectivity index (χ1) is 8.24. The minimum atomic E-state index is 0. The molecule has 2 N–H and O–H groups in total. The SMILES string of the molecule is COc1cccc([C@H](C)N2CCNCC2)c1O.Cl.Cl. The largest absolute Gasteiger partial charge is 0.504 e. The molecule has 1 fully saturated rings. The van der Waals surface area contributed by atoms with Crippen molar-refractivity contribution in [2.75, 3.05) is 33.3 Å². The van der Waals surface area contributed by atoms with Gasteiger partial charge in [0.1, 0.15) is 0 Å². The number of para-hydroxylation sites is 1. The van der Waals surface area contributed by atoms with Crippen molar-refractivity contribution in [2.24, 2.45) is 0 Å². The second kappa shape index (κ2) is 8.48. The molecular formula is C13H22Cl2N2O2. The molecule has 1 atom stereocenters. The van der Waals surface area contributed by atoms with Gasteiger partial charge in [-0.05, 0) is 13.0 Å². The molecule has 1 saturated heterocycles. The number of halogens is 2. The fourth-order valence-electron chi connectivity index (χ4n) is 2.31. The summed E-state index contributed by atoms with van der Waals surface area (Å²) in [4.78, 5) is 2.37. The Morgan fingerprint density at radius 3 is 2.47 bits per heavy atom. The quantitative estimate of drug-likeness (QED) is 0.898. The van der Waals surface area contributed by atoms with Crippen LogP contribution >= 0.6 is 24.8 Å². The van der Waals surface area contributed by atoms with Gasteiger partial charge in [-0.25, -0.2) is 0 Å². The minimum absolute atomic E-state index is 0. The van der Waals surface area contributed by atoms with Crippen LogP contribution in [-0.2, 0) is 0 Å². The van der Waals surface area contributed by atoms with Crippen LogP contribution in [0.3, 0.4) is 0 Å². The molecule has 1 aromatic rings. The Morgan fingerprint density at radius 1 is 1.26 bits per heavy atom. The van der Waals surface area contributed by atoms with E-state index in [0.29, 0.717) is 5.75 Å². The molecule has 0 saturated carbocycles. The summed E-state index contributed by atoms with van der Waals surface area (Å²) in [5.74, 6) is 0.811. The van der Waals surface area contributed by atoms with Crippen molar-refractivity contribution in [2.45, 2.75) is 13.0 Å². The molecule has 0 aromatic heterocycles. The van der Waals surface area contributed by atoms with Gasteiger partial charge in [0.05, 0.1) is 7.11 Å². The first-order valence-electron chi connectivity index (χ1n) is 6.04. The number of phenolic OH excluding ortho intramolecular Hbond substituents is 1. The second-order valence-electron chi connectivity index (χ2n) is 4.36. The predicted octanol–water partition coefficient (Wildman–Crippen LogP) is 2.21. The summed E-state index contributed by atoms with van der Waals surface area (Å²) < 4.78 is 5.14. The topological polar surface area (TPSA) is 44.7 Å². The van der Waals surface area contributed by atoms with Crippen LogP contribution in [0.15, 0.2) is 18.2 Å². The van der Waals surface area contributed by atoms with Gasteiger partial charge in [-0.3, -0.25) is 4.90 Å². The Kier molecular flexibility index (Phi) is 8.18. The van der Waals surface area contributed by atoms with E-state index in [1.165, 1.54) is 0 Å². The van der Waals surface area contributed by atoms with Gasteiger partial charge >= 0.3 is 0 Å². The van der Waals surface area contributed by atoms with Gasteiger partial charge in [0.25, 0.3) is 0 Å². The van der Waals surface area contributed by atoms with Crippen LogP contribution in [0.25, 0.3) is 0 Å². The number of ether oxygens (including phenoxy) is 1. The zero-order valence-electron chi connectivity index (χ0n) is 11.3. The molecule has 0 bridgehead atoms. The van der Waals surface area contributed by atoms with Gasteiger partial charge in [-0.15, -0.1) is 24.8 Å². The van der Waals surface area contributed by atoms with Gasteiger partial charge in [0.15, 0.2) is 11.5 Å². The Bertz CT molecular complexity index is 385. The number of hydrogen-bond acceptors (Lipinski definition) is 4. The van der Waals surface area contributed by atoms with E-state index in [0.717, 1.165) is 31.7 Å². The van der Waals surface area contributed by atoms with E-state index in [-0.39, 0.29) is 36.6 Å². The third-order valence-corrected chi connectivity index (χ3v) is 3.40. The average molecular weight is 309 g/mol. The van der Waals surface area contributed by atoms with Crippen molar-refractivity contribution in [3.8, 4) is 11.5 Å². The normalized spacial score (nSPS) is 16.9. The molecule has 0 amide bonds. The van der Waals surface area contributed by atoms with Crippen molar-refractivity contribution in [3.63, 3.8) is 0 Å². The van der Waals surface area contributed by atoms with Gasteiger partial charge in [-0.1, -0.05) is 12.1 Å². The maximum absolute atomic E-state index is 10.1. The van der Waals surface area contributed by atoms with Crippen LogP contribution < -0.4 is 10.1 Å². The lowest BCUT2D eigenvalue weighted by atomic mass is 10.0. The number of nitrogens with one attached hydrogen (secondary N) is 1. The van der Waals surface area contributed by atoms with E-state index < -0.39 is 0 Å². The number of phenols is 1. The second-order valence-corrected chi connectivity index (χ2v) is 4.36. The molecule has 1 aliphatic heterocycles. The fraction of sp³-hybridized carbons (Fsp3) is 0.538. The number of nitrogens with zero attached hydrogens (tertiary/aromatic N) is 1. The molecule has 0 spiro atoms. The molecule has 4 nitrogen and oxygen atoms in total. The highest BCUT2D eigenvalue weighted by Crippen LogP contribution is 2.35. The Labute approximate surface area is 127 Å². The van der Waals surface area contributed by atoms with Crippen molar-refractivity contribution in [1.82, 2.24) is 10.2 Å². The lowest BCUT2D eigenvalue weighted by Gasteiger charge is -2.33. The minimum Gasteiger partial charge on any atom is -0.504 e. The van der Waals surface area contributed by atoms with Gasteiger partial charge < -0.3 is 15.2 Å². The molecule has 1 heterocycles. The molecule has 0 aliphatic carbocycles. The number of aromatic hydroxyl groups is 1. The molecule has 110 valence electrons. The van der Waals surface area contributed by atoms with Crippen molar-refractivity contribution in [1.29, 1.82) is 0 Å². The molecule has 0 radical (unpaired) electrons. The van der Waals surface area contributed by atoms with Crippen molar-refractivity contribution < 1.29 is 9.84 Å². The summed E-state index contributed by atoms with van der Waals surface area (Å²) in [7, 11) is 1.58. The highest BCUT2D eigenvalue weighted by Gasteiger charge is 2.21. The lowest BCUT2D eigenvalue weighted by molar-refractivity contribution is 0.182. The molecule has 1 aromatic carbocycles. The average Bonchev–Trinajstić information content (AvgIpc) is 2.39. The zero-order chi connectivity index (χ0) is 12.3. The summed E-state index contributed by atoms with van der Waals surface area (Å²) >= 11 is 0. The van der Waals surface area contributed by atoms with E-state index in [4.69, 9.17) is 4.74 Å². The molecule has 1 aliphatic rings. The Morgan fingerprint density at radius 2 is 1.89 bits per heavy atom. The lowest BCUT2D eigenvalue weighted by Crippen LogP contribution is -2.44. The fourth-order valence-corrected chi connectivity index (χ4v) is 2.31. The Balaban J connectivity index is 0.00000162. The first-order valence-corrected chi connectivity index (χ1v) is 6.04. The van der Waals surface area contributed by atoms with Crippen LogP contribution in [0.1, 0.15) is 18.5 Å². The Hall–Kier alpha value is -0.680. The van der Waals surface area contributed by atoms with Crippen LogP contribution in [0, 0.1) is 0 Å². The van der Waals surface area contributed by atoms with Crippen LogP contribution in [0.4, 0.5) is 0 Å². The summed E-state index contributed by atoms with van der Waals surface area (Å²) in [6.45, 7) is 6.17. The maximum atomic E-state index is 10.1. The van der Waals surface area contributed by atoms with Crippen LogP contribution in [0.5, 0.6) is 11.5 Å². The number of hydrogen-bond donors (Lipinski definition) is 2. The smallest absolute Gasteiger partial charge is 0.162 e. The third-order valence-electron chi connectivity index (χ3n) is 3.40. The molecule has 6 heteroatoms. The van der Waals surface area contributed by atoms with Crippen molar-refractivity contribution in [3.05, 3.63) is 23.8 Å². The maximum Gasteiger partial charge on any atom is 0.162 e. The van der Waals surface area contributed by atoms with E-state index >= 15 is 0 Å². The zero-order valence-corrected chi connectivity index (χ0v) is 12.9. The standard InChI is InChI=1S/C13H20N2O2.2ClH/c1-10(15-8-6-14-7-9-15)11-4-3-5-12(17-2)13(11)16;;/h3-5,10,14,16H,6-9H2,1-2H3;2*1H/t10-;;/m0../s1. The van der Waals surface area contributed by atoms with E-state index in [9.17, 15) is 5.11 Å². The monoisotopic (exact) mass is 308 g/mol. The summed E-state index contributed by atoms with van der Waals surface area (Å²) in [5.41, 5.74) is 0.936. The third kappa shape index (κ3) is 4.14. The van der Waals surface area contributed by atoms with E-state index in [1.54, 1.807) is 13.2 Å². The molecule has 19 heavy (non-hydrogen) atoms. The van der Waals surface area contributed by atoms with Gasteiger partial charge in [0, 0.05) is 37.8 Å². The number of rotatable bonds is 3. The van der Waals surface area contributed by atoms with Crippen LogP contribution in [-0.4, -0.2) is 43.3 Å². The molecular weight excluding hydrogens is 287 g/mol. The van der Waals surface area contributed by atoms with E-state index in [1.807, 2.05) is 12.1 Å². The number of benzene rings is 1. The number of piperazine rings is 1. The highest BCUT2D eigenvalue weighted by atomic mass is 35.5. The number of methoxy groups -OCH3 is 1. The van der Waals surface area contributed by atoms with E-state index in [2.05, 4.69) is 17.1 Å². The van der Waals surface area contributed by atoms with Crippen molar-refractivity contribution >= 4 is 24.8 Å². The summed E-state index contributed by atoms with van der Waals surface area (Å²) in [6, 6.07) is 5.88. The highest BCUT2D eigenvalue weighted by molar-refractivity contribution is 5.85. The van der Waals surface area contributed by atoms with Gasteiger partial charge in [0.2, 0.25) is 0 Å². The van der Waals surface area contributed by atoms with Gasteiger partial charge in [-0.2, -0.15) is 0 Å². The predicted molar refractivity (Wildman–Crippen MR) is 82.0 cm³/mol. The summed E-state index contributed by atoms with van der Waals surface area (Å²) in [5, 5.41) is 13.5.